The highest BCUT2D eigenvalue weighted by molar-refractivity contribution is 8.00. The zero-order chi connectivity index (χ0) is 20.6. The Morgan fingerprint density at radius 3 is 2.64 bits per heavy atom. The summed E-state index contributed by atoms with van der Waals surface area (Å²) in [5.74, 6) is -5.23. The van der Waals surface area contributed by atoms with Gasteiger partial charge in [0, 0.05) is 17.1 Å². The van der Waals surface area contributed by atoms with E-state index >= 15 is 0 Å². The van der Waals surface area contributed by atoms with E-state index < -0.39 is 40.2 Å². The average Bonchev–Trinajstić information content (AvgIpc) is 2.91. The van der Waals surface area contributed by atoms with Gasteiger partial charge in [0.2, 0.25) is 0 Å². The number of phenolic OH excluding ortho intramolecular Hbond substituents is 2. The van der Waals surface area contributed by atoms with Crippen molar-refractivity contribution >= 4 is 29.5 Å². The Kier molecular flexibility index (Phi) is 5.58. The van der Waals surface area contributed by atoms with E-state index in [-0.39, 0.29) is 35.2 Å². The van der Waals surface area contributed by atoms with Gasteiger partial charge in [0.1, 0.15) is 11.5 Å². The lowest BCUT2D eigenvalue weighted by molar-refractivity contribution is -0.159. The van der Waals surface area contributed by atoms with Crippen LogP contribution >= 0.6 is 11.8 Å². The van der Waals surface area contributed by atoms with Crippen LogP contribution in [0.1, 0.15) is 42.1 Å². The van der Waals surface area contributed by atoms with Crippen molar-refractivity contribution < 1.29 is 39.5 Å². The van der Waals surface area contributed by atoms with Crippen LogP contribution in [-0.2, 0) is 20.7 Å². The summed E-state index contributed by atoms with van der Waals surface area (Å²) in [6.07, 6.45) is 0.823. The standard InChI is InChI=1S/C19H22O8S/c1-9-3-2-4-13-16(19(26,8-28-13)18(24)25)17(23)15-10(6-14(22)27-9)5-11(20)7-12(15)21/h5,7,9,13,16,20-21,26H,2-4,6,8H2,1H3,(H,24,25)/t9-,13+,16-,19+/m0/s1. The van der Waals surface area contributed by atoms with E-state index in [1.807, 2.05) is 0 Å². The number of carboxylic acids is 1. The number of thioether (sulfide) groups is 1. The van der Waals surface area contributed by atoms with Crippen molar-refractivity contribution in [3.8, 4) is 11.5 Å². The predicted molar refractivity (Wildman–Crippen MR) is 99.5 cm³/mol. The Balaban J connectivity index is 2.14. The number of benzene rings is 1. The summed E-state index contributed by atoms with van der Waals surface area (Å²) in [5.41, 5.74) is -2.51. The normalized spacial score (nSPS) is 31.1. The molecular formula is C19H22O8S. The maximum Gasteiger partial charge on any atom is 0.337 e. The Bertz CT molecular complexity index is 822. The molecule has 0 aliphatic carbocycles. The molecule has 1 fully saturated rings. The van der Waals surface area contributed by atoms with Crippen LogP contribution in [0.5, 0.6) is 11.5 Å². The molecule has 1 aromatic carbocycles. The minimum atomic E-state index is -2.27. The van der Waals surface area contributed by atoms with Gasteiger partial charge in [-0.15, -0.1) is 0 Å². The molecule has 28 heavy (non-hydrogen) atoms. The molecule has 0 amide bonds. The van der Waals surface area contributed by atoms with E-state index in [1.165, 1.54) is 17.8 Å². The number of carbonyl (C=O) groups excluding carboxylic acids is 2. The molecule has 0 aromatic heterocycles. The summed E-state index contributed by atoms with van der Waals surface area (Å²) in [6, 6.07) is 2.12. The van der Waals surface area contributed by atoms with Crippen LogP contribution in [0.15, 0.2) is 12.1 Å². The van der Waals surface area contributed by atoms with Crippen LogP contribution in [0.2, 0.25) is 0 Å². The zero-order valence-electron chi connectivity index (χ0n) is 15.3. The topological polar surface area (TPSA) is 141 Å². The lowest BCUT2D eigenvalue weighted by atomic mass is 9.78. The summed E-state index contributed by atoms with van der Waals surface area (Å²) < 4.78 is 5.32. The summed E-state index contributed by atoms with van der Waals surface area (Å²) in [7, 11) is 0. The van der Waals surface area contributed by atoms with Crippen molar-refractivity contribution in [1.29, 1.82) is 0 Å². The molecule has 0 bridgehead atoms. The number of cyclic esters (lactones) is 1. The van der Waals surface area contributed by atoms with Crippen LogP contribution in [0, 0.1) is 5.92 Å². The number of Topliss-reactive ketones (excluding diaryl/α,β-unsaturated/α-hetero) is 1. The lowest BCUT2D eigenvalue weighted by Crippen LogP contribution is -2.50. The fraction of sp³-hybridized carbons (Fsp3) is 0.526. The molecule has 1 saturated heterocycles. The fourth-order valence-electron chi connectivity index (χ4n) is 3.89. The van der Waals surface area contributed by atoms with Crippen molar-refractivity contribution in [2.45, 2.75) is 49.6 Å². The molecule has 1 aromatic rings. The highest BCUT2D eigenvalue weighted by Gasteiger charge is 2.57. The molecule has 2 heterocycles. The van der Waals surface area contributed by atoms with E-state index in [4.69, 9.17) is 4.74 Å². The first-order valence-electron chi connectivity index (χ1n) is 8.99. The molecule has 0 unspecified atom stereocenters. The monoisotopic (exact) mass is 410 g/mol. The second-order valence-electron chi connectivity index (χ2n) is 7.33. The third-order valence-corrected chi connectivity index (χ3v) is 6.80. The van der Waals surface area contributed by atoms with E-state index in [0.29, 0.717) is 19.3 Å². The SMILES string of the molecule is C[C@H]1CCC[C@H]2SC[C@](O)(C(=O)O)[C@@H]2C(=O)c2c(O)cc(O)cc2CC(=O)O1. The Hall–Kier alpha value is -2.26. The zero-order valence-corrected chi connectivity index (χ0v) is 16.1. The number of carbonyl (C=O) groups is 3. The first-order chi connectivity index (χ1) is 13.1. The van der Waals surface area contributed by atoms with Crippen LogP contribution < -0.4 is 0 Å². The highest BCUT2D eigenvalue weighted by atomic mass is 32.2. The van der Waals surface area contributed by atoms with Crippen molar-refractivity contribution in [2.75, 3.05) is 5.75 Å². The van der Waals surface area contributed by atoms with Crippen molar-refractivity contribution in [3.05, 3.63) is 23.3 Å². The van der Waals surface area contributed by atoms with Crippen molar-refractivity contribution in [2.24, 2.45) is 5.92 Å². The second kappa shape index (κ2) is 7.63. The number of aliphatic hydroxyl groups is 1. The Morgan fingerprint density at radius 2 is 1.96 bits per heavy atom. The second-order valence-corrected chi connectivity index (χ2v) is 8.56. The number of ketones is 1. The van der Waals surface area contributed by atoms with Crippen LogP contribution in [0.3, 0.4) is 0 Å². The number of phenols is 2. The number of ether oxygens (including phenoxy) is 1. The quantitative estimate of drug-likeness (QED) is 0.507. The number of aromatic hydroxyl groups is 2. The largest absolute Gasteiger partial charge is 0.508 e. The molecule has 8 nitrogen and oxygen atoms in total. The molecule has 2 aliphatic heterocycles. The summed E-state index contributed by atoms with van der Waals surface area (Å²) in [4.78, 5) is 37.3. The third kappa shape index (κ3) is 3.68. The summed E-state index contributed by atoms with van der Waals surface area (Å²) >= 11 is 1.21. The van der Waals surface area contributed by atoms with E-state index in [1.54, 1.807) is 6.92 Å². The molecule has 152 valence electrons. The average molecular weight is 410 g/mol. The van der Waals surface area contributed by atoms with Gasteiger partial charge < -0.3 is 25.2 Å². The van der Waals surface area contributed by atoms with E-state index in [9.17, 15) is 34.8 Å². The Labute approximate surface area is 165 Å². The number of carboxylic acid groups (broad SMARTS) is 1. The minimum Gasteiger partial charge on any atom is -0.508 e. The molecule has 4 atom stereocenters. The molecular weight excluding hydrogens is 388 g/mol. The van der Waals surface area contributed by atoms with Crippen molar-refractivity contribution in [3.63, 3.8) is 0 Å². The van der Waals surface area contributed by atoms with Crippen LogP contribution in [0.4, 0.5) is 0 Å². The van der Waals surface area contributed by atoms with Gasteiger partial charge >= 0.3 is 11.9 Å². The maximum absolute atomic E-state index is 13.3. The van der Waals surface area contributed by atoms with Gasteiger partial charge in [-0.2, -0.15) is 11.8 Å². The number of fused-ring (bicyclic) bond motifs is 2. The molecule has 0 saturated carbocycles. The van der Waals surface area contributed by atoms with Gasteiger partial charge in [-0.3, -0.25) is 9.59 Å². The molecule has 2 aliphatic rings. The van der Waals surface area contributed by atoms with E-state index in [0.717, 1.165) is 6.07 Å². The maximum atomic E-state index is 13.3. The molecule has 4 N–H and O–H groups in total. The van der Waals surface area contributed by atoms with Gasteiger partial charge in [0.25, 0.3) is 0 Å². The predicted octanol–water partition coefficient (Wildman–Crippen LogP) is 1.49. The van der Waals surface area contributed by atoms with Gasteiger partial charge in [-0.25, -0.2) is 4.79 Å². The first kappa shape index (κ1) is 20.5. The molecule has 0 spiro atoms. The number of aliphatic carboxylic acids is 1. The summed E-state index contributed by atoms with van der Waals surface area (Å²) in [5, 5.41) is 40.0. The molecule has 0 radical (unpaired) electrons. The van der Waals surface area contributed by atoms with Crippen LogP contribution in [0.25, 0.3) is 0 Å². The highest BCUT2D eigenvalue weighted by Crippen LogP contribution is 2.46. The van der Waals surface area contributed by atoms with Gasteiger partial charge in [0.05, 0.1) is 24.0 Å². The lowest BCUT2D eigenvalue weighted by Gasteiger charge is -2.28. The Morgan fingerprint density at radius 1 is 1.25 bits per heavy atom. The minimum absolute atomic E-state index is 0.0312. The number of hydrogen-bond acceptors (Lipinski definition) is 8. The molecule has 9 heteroatoms. The number of hydrogen-bond donors (Lipinski definition) is 4. The smallest absolute Gasteiger partial charge is 0.337 e. The van der Waals surface area contributed by atoms with E-state index in [2.05, 4.69) is 0 Å². The van der Waals surface area contributed by atoms with Gasteiger partial charge in [-0.1, -0.05) is 0 Å². The first-order valence-corrected chi connectivity index (χ1v) is 10.0. The number of rotatable bonds is 1. The molecule has 3 rings (SSSR count). The third-order valence-electron chi connectivity index (χ3n) is 5.25. The fourth-order valence-corrected chi connectivity index (χ4v) is 5.54. The number of esters is 1. The van der Waals surface area contributed by atoms with Gasteiger partial charge in [0.15, 0.2) is 11.4 Å². The van der Waals surface area contributed by atoms with Crippen LogP contribution in [-0.4, -0.2) is 60.9 Å². The van der Waals surface area contributed by atoms with Crippen molar-refractivity contribution in [1.82, 2.24) is 0 Å². The van der Waals surface area contributed by atoms with Gasteiger partial charge in [-0.05, 0) is 37.8 Å². The summed E-state index contributed by atoms with van der Waals surface area (Å²) in [6.45, 7) is 1.74.